The normalized spacial score (nSPS) is 13.4. The summed E-state index contributed by atoms with van der Waals surface area (Å²) in [7, 11) is 0. The lowest BCUT2D eigenvalue weighted by Crippen LogP contribution is -2.53. The maximum absolute atomic E-state index is 13.5. The molecule has 3 amide bonds. The van der Waals surface area contributed by atoms with Gasteiger partial charge >= 0.3 is 12.2 Å². The van der Waals surface area contributed by atoms with Crippen LogP contribution in [0.5, 0.6) is 0 Å². The highest BCUT2D eigenvalue weighted by molar-refractivity contribution is 7.09. The fourth-order valence-electron chi connectivity index (χ4n) is 4.57. The highest BCUT2D eigenvalue weighted by Crippen LogP contribution is 2.15. The molecule has 0 aliphatic carbocycles. The Morgan fingerprint density at radius 1 is 0.814 bits per heavy atom. The van der Waals surface area contributed by atoms with E-state index in [1.54, 1.807) is 32.5 Å². The lowest BCUT2D eigenvalue weighted by molar-refractivity contribution is -0.125. The second kappa shape index (κ2) is 16.6. The summed E-state index contributed by atoms with van der Waals surface area (Å²) < 4.78 is 10.8. The van der Waals surface area contributed by atoms with Gasteiger partial charge in [0.1, 0.15) is 18.2 Å². The Labute approximate surface area is 258 Å². The molecule has 0 bridgehead atoms. The molecule has 1 aromatic heterocycles. The van der Waals surface area contributed by atoms with Crippen LogP contribution < -0.4 is 16.0 Å². The number of benzene rings is 2. The number of carbonyl (C=O) groups excluding carboxylic acids is 3. The van der Waals surface area contributed by atoms with Gasteiger partial charge in [0.2, 0.25) is 5.91 Å². The molecule has 0 aliphatic heterocycles. The molecule has 232 valence electrons. The number of carbonyl (C=O) groups is 3. The summed E-state index contributed by atoms with van der Waals surface area (Å²) in [6.07, 6.45) is 2.93. The molecule has 3 rings (SSSR count). The van der Waals surface area contributed by atoms with E-state index >= 15 is 0 Å². The van der Waals surface area contributed by atoms with E-state index in [1.807, 2.05) is 74.5 Å². The van der Waals surface area contributed by atoms with Crippen molar-refractivity contribution in [2.24, 2.45) is 5.92 Å². The Hall–Kier alpha value is -3.92. The molecule has 3 N–H and O–H groups in total. The number of hydrogen-bond donors (Lipinski definition) is 3. The zero-order chi connectivity index (χ0) is 31.2. The SMILES string of the molecule is CC(C)[C@H](NC(=O)OC(C)(C)C)C(=O)N[C@H](CC[C@H](Cc1ccccc1)NC(=O)OCc1cncs1)Cc1ccccc1. The molecule has 0 saturated carbocycles. The van der Waals surface area contributed by atoms with Crippen LogP contribution in [-0.2, 0) is 33.7 Å². The minimum atomic E-state index is -0.770. The van der Waals surface area contributed by atoms with E-state index in [0.29, 0.717) is 25.7 Å². The van der Waals surface area contributed by atoms with Crippen molar-refractivity contribution in [2.75, 3.05) is 0 Å². The summed E-state index contributed by atoms with van der Waals surface area (Å²) in [4.78, 5) is 43.7. The van der Waals surface area contributed by atoms with Crippen LogP contribution in [0.25, 0.3) is 0 Å². The number of rotatable bonds is 14. The summed E-state index contributed by atoms with van der Waals surface area (Å²) >= 11 is 1.43. The first-order valence-electron chi connectivity index (χ1n) is 14.7. The minimum Gasteiger partial charge on any atom is -0.444 e. The number of ether oxygens (including phenoxy) is 2. The van der Waals surface area contributed by atoms with Gasteiger partial charge in [-0.05, 0) is 63.5 Å². The van der Waals surface area contributed by atoms with Crippen molar-refractivity contribution in [1.29, 1.82) is 0 Å². The van der Waals surface area contributed by atoms with Gasteiger partial charge in [-0.25, -0.2) is 9.59 Å². The first-order valence-corrected chi connectivity index (χ1v) is 15.5. The van der Waals surface area contributed by atoms with Crippen molar-refractivity contribution in [1.82, 2.24) is 20.9 Å². The third kappa shape index (κ3) is 12.9. The van der Waals surface area contributed by atoms with Crippen molar-refractivity contribution in [3.8, 4) is 0 Å². The van der Waals surface area contributed by atoms with Crippen molar-refractivity contribution in [3.63, 3.8) is 0 Å². The monoisotopic (exact) mass is 608 g/mol. The molecular formula is C33H44N4O5S. The molecule has 0 radical (unpaired) electrons. The number of alkyl carbamates (subject to hydrolysis) is 2. The van der Waals surface area contributed by atoms with Gasteiger partial charge < -0.3 is 25.4 Å². The zero-order valence-electron chi connectivity index (χ0n) is 25.7. The third-order valence-corrected chi connectivity index (χ3v) is 7.39. The molecule has 10 heteroatoms. The van der Waals surface area contributed by atoms with Crippen LogP contribution in [0.3, 0.4) is 0 Å². The second-order valence-electron chi connectivity index (χ2n) is 11.9. The minimum absolute atomic E-state index is 0.155. The highest BCUT2D eigenvalue weighted by Gasteiger charge is 2.29. The van der Waals surface area contributed by atoms with Gasteiger partial charge in [0, 0.05) is 18.3 Å². The lowest BCUT2D eigenvalue weighted by atomic mass is 9.95. The molecule has 3 atom stereocenters. The summed E-state index contributed by atoms with van der Waals surface area (Å²) in [5, 5.41) is 8.94. The molecule has 2 aromatic carbocycles. The smallest absolute Gasteiger partial charge is 0.408 e. The number of hydrogen-bond acceptors (Lipinski definition) is 7. The number of aromatic nitrogens is 1. The van der Waals surface area contributed by atoms with Crippen LogP contribution in [0, 0.1) is 5.92 Å². The Balaban J connectivity index is 1.72. The summed E-state index contributed by atoms with van der Waals surface area (Å²) in [6.45, 7) is 9.26. The Bertz CT molecular complexity index is 1260. The van der Waals surface area contributed by atoms with E-state index in [2.05, 4.69) is 20.9 Å². The van der Waals surface area contributed by atoms with Crippen molar-refractivity contribution < 1.29 is 23.9 Å². The van der Waals surface area contributed by atoms with Gasteiger partial charge in [-0.2, -0.15) is 0 Å². The van der Waals surface area contributed by atoms with Gasteiger partial charge in [0.15, 0.2) is 0 Å². The van der Waals surface area contributed by atoms with Gasteiger partial charge in [-0.3, -0.25) is 9.78 Å². The topological polar surface area (TPSA) is 119 Å². The Morgan fingerprint density at radius 3 is 1.86 bits per heavy atom. The Kier molecular flexibility index (Phi) is 13.0. The quantitative estimate of drug-likeness (QED) is 0.205. The van der Waals surface area contributed by atoms with E-state index in [1.165, 1.54) is 11.3 Å². The summed E-state index contributed by atoms with van der Waals surface area (Å²) in [6, 6.07) is 18.6. The predicted octanol–water partition coefficient (Wildman–Crippen LogP) is 6.04. The largest absolute Gasteiger partial charge is 0.444 e. The first-order chi connectivity index (χ1) is 20.5. The fraction of sp³-hybridized carbons (Fsp3) is 0.455. The zero-order valence-corrected chi connectivity index (χ0v) is 26.5. The van der Waals surface area contributed by atoms with Crippen LogP contribution >= 0.6 is 11.3 Å². The van der Waals surface area contributed by atoms with E-state index < -0.39 is 23.8 Å². The number of thiazole rings is 1. The molecule has 0 fully saturated rings. The van der Waals surface area contributed by atoms with E-state index in [-0.39, 0.29) is 30.5 Å². The predicted molar refractivity (Wildman–Crippen MR) is 169 cm³/mol. The molecule has 1 heterocycles. The van der Waals surface area contributed by atoms with Gasteiger partial charge in [-0.1, -0.05) is 74.5 Å². The van der Waals surface area contributed by atoms with Crippen LogP contribution in [0.2, 0.25) is 0 Å². The molecule has 3 aromatic rings. The van der Waals surface area contributed by atoms with E-state index in [4.69, 9.17) is 9.47 Å². The fourth-order valence-corrected chi connectivity index (χ4v) is 5.07. The maximum Gasteiger partial charge on any atom is 0.408 e. The number of nitrogens with zero attached hydrogens (tertiary/aromatic N) is 1. The van der Waals surface area contributed by atoms with Crippen molar-refractivity contribution >= 4 is 29.4 Å². The van der Waals surface area contributed by atoms with Crippen molar-refractivity contribution in [3.05, 3.63) is 88.4 Å². The van der Waals surface area contributed by atoms with Crippen molar-refractivity contribution in [2.45, 2.75) is 90.6 Å². The summed E-state index contributed by atoms with van der Waals surface area (Å²) in [5.74, 6) is -0.441. The van der Waals surface area contributed by atoms with E-state index in [0.717, 1.165) is 16.0 Å². The second-order valence-corrected chi connectivity index (χ2v) is 12.9. The average molecular weight is 609 g/mol. The molecule has 9 nitrogen and oxygen atoms in total. The van der Waals surface area contributed by atoms with Crippen LogP contribution in [0.15, 0.2) is 72.4 Å². The average Bonchev–Trinajstić information content (AvgIpc) is 3.47. The molecular weight excluding hydrogens is 564 g/mol. The van der Waals surface area contributed by atoms with Gasteiger partial charge in [0.25, 0.3) is 0 Å². The van der Waals surface area contributed by atoms with E-state index in [9.17, 15) is 14.4 Å². The van der Waals surface area contributed by atoms with Crippen LogP contribution in [-0.4, -0.2) is 46.8 Å². The molecule has 43 heavy (non-hydrogen) atoms. The third-order valence-electron chi connectivity index (χ3n) is 6.63. The van der Waals surface area contributed by atoms with Crippen LogP contribution in [0.1, 0.15) is 63.5 Å². The molecule has 0 saturated heterocycles. The molecule has 0 spiro atoms. The Morgan fingerprint density at radius 2 is 1.37 bits per heavy atom. The number of amides is 3. The van der Waals surface area contributed by atoms with Gasteiger partial charge in [0.05, 0.1) is 10.4 Å². The molecule has 0 unspecified atom stereocenters. The standard InChI is InChI=1S/C33H44N4O5S/c1-23(2)29(37-32(40)42-33(3,4)5)30(38)35-26(18-24-12-8-6-9-13-24)16-17-27(19-25-14-10-7-11-15-25)36-31(39)41-21-28-20-34-22-43-28/h6-15,20,22-23,26-27,29H,16-19,21H2,1-5H3,(H,35,38)(H,36,39)(H,37,40)/t26-,27-,29+/m1/s1. The maximum atomic E-state index is 13.5. The first kappa shape index (κ1) is 33.6. The highest BCUT2D eigenvalue weighted by atomic mass is 32.1. The summed E-state index contributed by atoms with van der Waals surface area (Å²) in [5.41, 5.74) is 3.18. The molecule has 0 aliphatic rings. The van der Waals surface area contributed by atoms with Gasteiger partial charge in [-0.15, -0.1) is 11.3 Å². The number of nitrogens with one attached hydrogen (secondary N) is 3. The lowest BCUT2D eigenvalue weighted by Gasteiger charge is -2.28. The van der Waals surface area contributed by atoms with Crippen LogP contribution in [0.4, 0.5) is 9.59 Å².